The Kier molecular flexibility index (Phi) is 8.39. The average Bonchev–Trinajstić information content (AvgIpc) is 2.15. The number of rotatable bonds is 4. The van der Waals surface area contributed by atoms with E-state index < -0.39 is 0 Å². The molecule has 1 unspecified atom stereocenters. The Morgan fingerprint density at radius 2 is 2.00 bits per heavy atom. The minimum Gasteiger partial charge on any atom is -0.497 e. The molecule has 1 aromatic carbocycles. The van der Waals surface area contributed by atoms with Gasteiger partial charge < -0.3 is 4.74 Å². The third kappa shape index (κ3) is 5.59. The van der Waals surface area contributed by atoms with Gasteiger partial charge in [0.1, 0.15) is 5.75 Å². The Morgan fingerprint density at radius 3 is 2.43 bits per heavy atom. The molecule has 0 aliphatic rings. The summed E-state index contributed by atoms with van der Waals surface area (Å²) in [5.41, 5.74) is 1.25. The molecule has 0 heterocycles. The number of benzene rings is 1. The molecule has 0 aliphatic heterocycles. The van der Waals surface area contributed by atoms with Crippen molar-refractivity contribution in [1.82, 2.24) is 0 Å². The van der Waals surface area contributed by atoms with Crippen LogP contribution in [0.4, 0.5) is 0 Å². The van der Waals surface area contributed by atoms with Crippen LogP contribution in [0.2, 0.25) is 0 Å². The Bertz CT molecular complexity index is 255. The molecule has 0 saturated heterocycles. The summed E-state index contributed by atoms with van der Waals surface area (Å²) in [6.07, 6.45) is 0.969. The minimum atomic E-state index is 0. The predicted molar refractivity (Wildman–Crippen MR) is 63.7 cm³/mol. The summed E-state index contributed by atoms with van der Waals surface area (Å²) in [5, 5.41) is 0. The van der Waals surface area contributed by atoms with Crippen LogP contribution in [0.1, 0.15) is 5.56 Å². The van der Waals surface area contributed by atoms with Crippen molar-refractivity contribution in [3.05, 3.63) is 29.8 Å². The van der Waals surface area contributed by atoms with Gasteiger partial charge in [0.2, 0.25) is 0 Å². The molecule has 0 aliphatic carbocycles. The second kappa shape index (κ2) is 7.97. The van der Waals surface area contributed by atoms with Crippen molar-refractivity contribution < 1.29 is 37.4 Å². The number of hydrogen-bond donors (Lipinski definition) is 0. The molecule has 14 heavy (non-hydrogen) atoms. The maximum absolute atomic E-state index is 5.58. The van der Waals surface area contributed by atoms with Crippen LogP contribution in [-0.4, -0.2) is 28.2 Å². The molecule has 0 aromatic heterocycles. The molecule has 0 spiro atoms. The van der Waals surface area contributed by atoms with Crippen molar-refractivity contribution in [2.75, 3.05) is 7.11 Å². The van der Waals surface area contributed by atoms with E-state index >= 15 is 0 Å². The third-order valence-electron chi connectivity index (χ3n) is 1.78. The van der Waals surface area contributed by atoms with Crippen molar-refractivity contribution >= 4 is 30.2 Å². The second-order valence-corrected chi connectivity index (χ2v) is 3.64. The van der Waals surface area contributed by atoms with Crippen molar-refractivity contribution in [2.24, 2.45) is 0 Å². The Morgan fingerprint density at radius 1 is 1.43 bits per heavy atom. The van der Waals surface area contributed by atoms with Crippen molar-refractivity contribution in [3.63, 3.8) is 0 Å². The van der Waals surface area contributed by atoms with Crippen molar-refractivity contribution in [2.45, 2.75) is 6.32 Å². The summed E-state index contributed by atoms with van der Waals surface area (Å²) in [5.74, 6) is 0.888. The molecule has 6 heteroatoms. The molecule has 66 valence electrons. The topological polar surface area (TPSA) is 9.23 Å². The third-order valence-corrected chi connectivity index (χ3v) is 2.06. The van der Waals surface area contributed by atoms with Crippen LogP contribution in [0.25, 0.3) is 0 Å². The van der Waals surface area contributed by atoms with Gasteiger partial charge in [0, 0.05) is 40.4 Å². The summed E-state index contributed by atoms with van der Waals surface area (Å²) in [7, 11) is 11.8. The van der Waals surface area contributed by atoms with Gasteiger partial charge in [-0.3, -0.25) is 0 Å². The summed E-state index contributed by atoms with van der Waals surface area (Å²) in [4.78, 5) is 0. The van der Waals surface area contributed by atoms with E-state index in [1.54, 1.807) is 7.11 Å². The molecule has 1 atom stereocenters. The largest absolute Gasteiger partial charge is 0.497 e. The molecule has 1 nitrogen and oxygen atoms in total. The average molecular weight is 275 g/mol. The zero-order chi connectivity index (χ0) is 9.68. The molecule has 0 fully saturated rings. The summed E-state index contributed by atoms with van der Waals surface area (Å²) >= 11 is 0. The van der Waals surface area contributed by atoms with Crippen LogP contribution in [-0.2, 0) is 39.0 Å². The molecule has 0 amide bonds. The first-order valence-corrected chi connectivity index (χ1v) is 4.86. The fourth-order valence-electron chi connectivity index (χ4n) is 1.03. The summed E-state index contributed by atoms with van der Waals surface area (Å²) in [6.45, 7) is 0. The molecule has 1 rings (SSSR count). The normalized spacial score (nSPS) is 8.71. The van der Waals surface area contributed by atoms with Crippen LogP contribution < -0.4 is 4.74 Å². The Hall–Kier alpha value is 0.749. The van der Waals surface area contributed by atoms with Gasteiger partial charge in [0.15, 0.2) is 0 Å². The Balaban J connectivity index is 0.00000169. The van der Waals surface area contributed by atoms with Crippen LogP contribution in [0, 0.1) is 0 Å². The first-order chi connectivity index (χ1) is 6.22. The number of ether oxygens (including phenoxy) is 1. The first-order valence-electron chi connectivity index (χ1n) is 4.20. The van der Waals surface area contributed by atoms with E-state index in [2.05, 4.69) is 9.12 Å². The zero-order valence-electron chi connectivity index (χ0n) is 8.31. The maximum atomic E-state index is 5.58. The number of methoxy groups -OCH3 is 1. The van der Waals surface area contributed by atoms with E-state index in [1.807, 2.05) is 31.4 Å². The van der Waals surface area contributed by atoms with Gasteiger partial charge in [-0.15, -0.1) is 0 Å². The van der Waals surface area contributed by atoms with Gasteiger partial charge in [-0.2, -0.15) is 9.12 Å². The van der Waals surface area contributed by atoms with E-state index in [-0.39, 0.29) is 38.9 Å². The van der Waals surface area contributed by atoms with E-state index in [9.17, 15) is 0 Å². The minimum absolute atomic E-state index is 0. The molecule has 0 saturated carbocycles. The fourth-order valence-corrected chi connectivity index (χ4v) is 1.17. The smallest absolute Gasteiger partial charge is 0.118 e. The predicted octanol–water partition coefficient (Wildman–Crippen LogP) is 0.925. The van der Waals surface area contributed by atoms with Crippen molar-refractivity contribution in [3.8, 4) is 5.75 Å². The van der Waals surface area contributed by atoms with Crippen molar-refractivity contribution in [1.29, 1.82) is 0 Å². The molecule has 4 radical (unpaired) electrons. The van der Waals surface area contributed by atoms with Crippen LogP contribution in [0.5, 0.6) is 5.75 Å². The quantitative estimate of drug-likeness (QED) is 0.587. The standard InChI is InChI=1S/C8H11B3OP.Y/c1-12-8-4-2-7(3-5-8)6-10-11(9)13;/h2-5H,6,13H2,1H3;. The van der Waals surface area contributed by atoms with Gasteiger partial charge in [0.05, 0.1) is 20.5 Å². The van der Waals surface area contributed by atoms with Gasteiger partial charge in [-0.05, 0) is 12.1 Å². The van der Waals surface area contributed by atoms with E-state index in [4.69, 9.17) is 12.5 Å². The van der Waals surface area contributed by atoms with Crippen LogP contribution >= 0.6 is 9.12 Å². The monoisotopic (exact) mass is 276 g/mol. The SMILES string of the molecule is [B]B(P)[B]Cc1ccc(OC)cc1.[Y]. The van der Waals surface area contributed by atoms with E-state index in [0.29, 0.717) is 0 Å². The van der Waals surface area contributed by atoms with Crippen LogP contribution in [0.3, 0.4) is 0 Å². The van der Waals surface area contributed by atoms with E-state index in [0.717, 1.165) is 12.1 Å². The molecular weight excluding hydrogens is 264 g/mol. The van der Waals surface area contributed by atoms with Crippen LogP contribution in [0.15, 0.2) is 24.3 Å². The number of hydrogen-bond acceptors (Lipinski definition) is 1. The molecule has 1 aromatic rings. The van der Waals surface area contributed by atoms with Gasteiger partial charge in [0.25, 0.3) is 0 Å². The molecular formula is C8H11B3OPY. The summed E-state index contributed by atoms with van der Waals surface area (Å²) < 4.78 is 5.06. The maximum Gasteiger partial charge on any atom is 0.118 e. The molecule has 0 bridgehead atoms. The molecule has 0 N–H and O–H groups in total. The zero-order valence-corrected chi connectivity index (χ0v) is 12.3. The van der Waals surface area contributed by atoms with Gasteiger partial charge >= 0.3 is 0 Å². The van der Waals surface area contributed by atoms with Gasteiger partial charge in [-0.25, -0.2) is 0 Å². The fraction of sp³-hybridized carbons (Fsp3) is 0.250. The first kappa shape index (κ1) is 14.7. The van der Waals surface area contributed by atoms with Gasteiger partial charge in [-0.1, -0.05) is 24.0 Å². The second-order valence-electron chi connectivity index (χ2n) is 2.87. The Labute approximate surface area is 116 Å². The summed E-state index contributed by atoms with van der Waals surface area (Å²) in [6, 6.07) is 8.00. The van der Waals surface area contributed by atoms with E-state index in [1.165, 1.54) is 5.56 Å².